The molecule has 35 heavy (non-hydrogen) atoms. The molecule has 0 spiro atoms. The lowest BCUT2D eigenvalue weighted by Crippen LogP contribution is -2.89. The Bertz CT molecular complexity index is 1020. The van der Waals surface area contributed by atoms with Crippen molar-refractivity contribution in [1.29, 1.82) is 0 Å². The van der Waals surface area contributed by atoms with Gasteiger partial charge in [0.25, 0.3) is 0 Å². The minimum Gasteiger partial charge on any atom is -0.367 e. The third kappa shape index (κ3) is 6.57. The summed E-state index contributed by atoms with van der Waals surface area (Å²) in [6.07, 6.45) is -9.46. The maximum atomic E-state index is 13.2. The van der Waals surface area contributed by atoms with Crippen LogP contribution < -0.4 is 5.32 Å². The van der Waals surface area contributed by atoms with Gasteiger partial charge in [0.2, 0.25) is 0 Å². The minimum atomic E-state index is -4.88. The summed E-state index contributed by atoms with van der Waals surface area (Å²) in [6.45, 7) is 0.417. The van der Waals surface area contributed by atoms with Gasteiger partial charge in [-0.1, -0.05) is 60.7 Å². The van der Waals surface area contributed by atoms with E-state index in [4.69, 9.17) is 4.74 Å². The molecule has 2 atom stereocenters. The first-order valence-corrected chi connectivity index (χ1v) is 11.0. The summed E-state index contributed by atoms with van der Waals surface area (Å²) in [5.41, 5.74) is -0.666. The maximum Gasteiger partial charge on any atom is 0.416 e. The van der Waals surface area contributed by atoms with Crippen LogP contribution in [-0.2, 0) is 23.7 Å². The Balaban J connectivity index is 0.00000342. The highest BCUT2D eigenvalue weighted by Gasteiger charge is 2.40. The predicted octanol–water partition coefficient (Wildman–Crippen LogP) is 6.20. The largest absolute Gasteiger partial charge is 0.416 e. The fraction of sp³-hybridized carbons (Fsp3) is 0.308. The Labute approximate surface area is 205 Å². The van der Waals surface area contributed by atoms with Gasteiger partial charge in [0, 0.05) is 6.42 Å². The molecular weight excluding hydrogens is 492 g/mol. The molecule has 4 rings (SSSR count). The molecule has 1 saturated heterocycles. The van der Waals surface area contributed by atoms with Crippen LogP contribution in [0.5, 0.6) is 0 Å². The van der Waals surface area contributed by atoms with Gasteiger partial charge in [0.05, 0.1) is 30.2 Å². The second-order valence-electron chi connectivity index (χ2n) is 8.45. The van der Waals surface area contributed by atoms with Gasteiger partial charge in [-0.15, -0.1) is 12.4 Å². The Kier molecular flexibility index (Phi) is 8.51. The van der Waals surface area contributed by atoms with Crippen LogP contribution in [0.15, 0.2) is 78.9 Å². The number of hydrogen-bond acceptors (Lipinski definition) is 1. The Morgan fingerprint density at radius 3 is 1.71 bits per heavy atom. The van der Waals surface area contributed by atoms with Crippen LogP contribution in [-0.4, -0.2) is 18.7 Å². The Morgan fingerprint density at radius 2 is 1.26 bits per heavy atom. The van der Waals surface area contributed by atoms with E-state index in [2.05, 4.69) is 5.32 Å². The smallest absolute Gasteiger partial charge is 0.367 e. The van der Waals surface area contributed by atoms with Gasteiger partial charge in [-0.2, -0.15) is 26.3 Å². The van der Waals surface area contributed by atoms with Crippen molar-refractivity contribution in [3.63, 3.8) is 0 Å². The zero-order chi connectivity index (χ0) is 24.3. The summed E-state index contributed by atoms with van der Waals surface area (Å²) in [7, 11) is 0. The van der Waals surface area contributed by atoms with Crippen molar-refractivity contribution in [2.24, 2.45) is 0 Å². The van der Waals surface area contributed by atoms with Gasteiger partial charge in [-0.25, -0.2) is 0 Å². The quantitative estimate of drug-likeness (QED) is 0.388. The first-order chi connectivity index (χ1) is 16.1. The maximum absolute atomic E-state index is 13.2. The molecule has 1 aliphatic heterocycles. The van der Waals surface area contributed by atoms with Crippen LogP contribution in [0.25, 0.3) is 0 Å². The van der Waals surface area contributed by atoms with Crippen molar-refractivity contribution in [2.75, 3.05) is 6.54 Å². The molecule has 0 unspecified atom stereocenters. The molecule has 0 saturated carbocycles. The van der Waals surface area contributed by atoms with E-state index in [1.54, 1.807) is 0 Å². The third-order valence-corrected chi connectivity index (χ3v) is 6.13. The van der Waals surface area contributed by atoms with Crippen molar-refractivity contribution in [1.82, 2.24) is 0 Å². The van der Waals surface area contributed by atoms with Crippen molar-refractivity contribution >= 4 is 12.4 Å². The number of nitrogens with two attached hydrogens (primary N) is 1. The molecule has 3 aromatic rings. The van der Waals surface area contributed by atoms with Gasteiger partial charge in [0.15, 0.2) is 0 Å². The normalized spacial score (nSPS) is 18.5. The SMILES string of the molecule is Cl.FC(F)(F)c1cc(CO[C@H]2CC[NH2+][C@@H]2C(c2ccccc2)c2ccccc2)cc(C(F)(F)F)c1. The van der Waals surface area contributed by atoms with E-state index < -0.39 is 23.5 Å². The molecule has 1 heterocycles. The van der Waals surface area contributed by atoms with E-state index in [9.17, 15) is 26.3 Å². The summed E-state index contributed by atoms with van der Waals surface area (Å²) in [5, 5.41) is 2.14. The average molecular weight is 517 g/mol. The first kappa shape index (κ1) is 27.0. The van der Waals surface area contributed by atoms with Crippen LogP contribution in [0.2, 0.25) is 0 Å². The number of halogens is 7. The van der Waals surface area contributed by atoms with Crippen LogP contribution in [0, 0.1) is 0 Å². The Morgan fingerprint density at radius 1 is 0.771 bits per heavy atom. The number of rotatable bonds is 6. The van der Waals surface area contributed by atoms with Gasteiger partial charge >= 0.3 is 12.4 Å². The molecule has 1 fully saturated rings. The molecular formula is C26H25ClF6NO+. The summed E-state index contributed by atoms with van der Waals surface area (Å²) < 4.78 is 85.2. The fourth-order valence-electron chi connectivity index (χ4n) is 4.61. The summed E-state index contributed by atoms with van der Waals surface area (Å²) in [5.74, 6) is -0.0397. The first-order valence-electron chi connectivity index (χ1n) is 11.0. The van der Waals surface area contributed by atoms with Crippen LogP contribution >= 0.6 is 12.4 Å². The molecule has 0 aliphatic carbocycles. The van der Waals surface area contributed by atoms with Crippen molar-refractivity contribution in [2.45, 2.75) is 43.4 Å². The molecule has 0 aromatic heterocycles. The number of ether oxygens (including phenoxy) is 1. The second kappa shape index (κ2) is 11.0. The number of quaternary nitrogens is 1. The molecule has 0 bridgehead atoms. The predicted molar refractivity (Wildman–Crippen MR) is 122 cm³/mol. The van der Waals surface area contributed by atoms with Gasteiger partial charge in [0.1, 0.15) is 12.1 Å². The van der Waals surface area contributed by atoms with E-state index in [-0.39, 0.29) is 48.7 Å². The van der Waals surface area contributed by atoms with Gasteiger partial charge < -0.3 is 10.1 Å². The molecule has 2 nitrogen and oxygen atoms in total. The highest BCUT2D eigenvalue weighted by atomic mass is 35.5. The lowest BCUT2D eigenvalue weighted by molar-refractivity contribution is -0.675. The fourth-order valence-corrected chi connectivity index (χ4v) is 4.61. The van der Waals surface area contributed by atoms with E-state index in [1.807, 2.05) is 60.7 Å². The molecule has 188 valence electrons. The van der Waals surface area contributed by atoms with Crippen molar-refractivity contribution in [3.8, 4) is 0 Å². The second-order valence-corrected chi connectivity index (χ2v) is 8.45. The molecule has 2 N–H and O–H groups in total. The zero-order valence-electron chi connectivity index (χ0n) is 18.5. The van der Waals surface area contributed by atoms with Crippen molar-refractivity contribution < 1.29 is 36.4 Å². The van der Waals surface area contributed by atoms with Crippen LogP contribution in [0.1, 0.15) is 40.2 Å². The van der Waals surface area contributed by atoms with E-state index in [1.165, 1.54) is 0 Å². The summed E-state index contributed by atoms with van der Waals surface area (Å²) in [6, 6.07) is 21.2. The number of alkyl halides is 6. The van der Waals surface area contributed by atoms with Crippen LogP contribution in [0.3, 0.4) is 0 Å². The van der Waals surface area contributed by atoms with E-state index in [0.717, 1.165) is 29.8 Å². The van der Waals surface area contributed by atoms with Gasteiger partial charge in [-0.3, -0.25) is 0 Å². The Hall–Kier alpha value is -2.55. The van der Waals surface area contributed by atoms with Crippen LogP contribution in [0.4, 0.5) is 26.3 Å². The lowest BCUT2D eigenvalue weighted by atomic mass is 9.83. The molecule has 0 amide bonds. The summed E-state index contributed by atoms with van der Waals surface area (Å²) in [4.78, 5) is 0. The van der Waals surface area contributed by atoms with Gasteiger partial charge in [-0.05, 0) is 34.9 Å². The van der Waals surface area contributed by atoms with E-state index >= 15 is 0 Å². The summed E-state index contributed by atoms with van der Waals surface area (Å²) >= 11 is 0. The monoisotopic (exact) mass is 516 g/mol. The topological polar surface area (TPSA) is 25.8 Å². The zero-order valence-corrected chi connectivity index (χ0v) is 19.3. The molecule has 0 radical (unpaired) electrons. The highest BCUT2D eigenvalue weighted by molar-refractivity contribution is 5.85. The molecule has 9 heteroatoms. The number of hydrogen-bond donors (Lipinski definition) is 1. The average Bonchev–Trinajstić information content (AvgIpc) is 3.26. The molecule has 3 aromatic carbocycles. The van der Waals surface area contributed by atoms with Crippen molar-refractivity contribution in [3.05, 3.63) is 107 Å². The highest BCUT2D eigenvalue weighted by Crippen LogP contribution is 2.37. The van der Waals surface area contributed by atoms with E-state index in [0.29, 0.717) is 6.42 Å². The number of benzene rings is 3. The minimum absolute atomic E-state index is 0. The lowest BCUT2D eigenvalue weighted by Gasteiger charge is -2.27. The third-order valence-electron chi connectivity index (χ3n) is 6.13. The molecule has 1 aliphatic rings. The standard InChI is InChI=1S/C26H23F6NO.ClH/c27-25(28,29)20-13-17(14-21(15-20)26(30,31)32)16-34-22-11-12-33-24(22)23(18-7-3-1-4-8-18)19-9-5-2-6-10-19;/h1-10,13-15,22-24,33H,11-12,16H2;1H/p+1/t22-,24-;/m0./s1.